The first-order valence-electron chi connectivity index (χ1n) is 22.7. The molecular formula is C46H87NO8P+. The van der Waals surface area contributed by atoms with Gasteiger partial charge in [0.25, 0.3) is 0 Å². The molecule has 0 aliphatic heterocycles. The predicted octanol–water partition coefficient (Wildman–Crippen LogP) is 12.9. The van der Waals surface area contributed by atoms with Crippen LogP contribution in [0, 0.1) is 0 Å². The molecule has 0 fully saturated rings. The summed E-state index contributed by atoms with van der Waals surface area (Å²) in [6, 6.07) is 0. The molecule has 0 bridgehead atoms. The third-order valence-corrected chi connectivity index (χ3v) is 10.6. The fourth-order valence-electron chi connectivity index (χ4n) is 6.05. The van der Waals surface area contributed by atoms with Crippen molar-refractivity contribution in [3.8, 4) is 0 Å². The van der Waals surface area contributed by atoms with Crippen molar-refractivity contribution in [3.63, 3.8) is 0 Å². The second kappa shape index (κ2) is 38.7. The van der Waals surface area contributed by atoms with Crippen molar-refractivity contribution >= 4 is 19.8 Å². The van der Waals surface area contributed by atoms with Gasteiger partial charge in [0.05, 0.1) is 27.7 Å². The Morgan fingerprint density at radius 3 is 1.48 bits per heavy atom. The highest BCUT2D eigenvalue weighted by molar-refractivity contribution is 7.47. The number of unbranched alkanes of at least 4 members (excludes halogenated alkanes) is 21. The first-order chi connectivity index (χ1) is 27.0. The number of hydrogen-bond acceptors (Lipinski definition) is 7. The summed E-state index contributed by atoms with van der Waals surface area (Å²) in [4.78, 5) is 35.3. The van der Waals surface area contributed by atoms with E-state index in [-0.39, 0.29) is 26.1 Å². The molecule has 0 aromatic rings. The normalized spacial score (nSPS) is 13.9. The second-order valence-corrected chi connectivity index (χ2v) is 17.9. The molecule has 0 aromatic carbocycles. The van der Waals surface area contributed by atoms with Gasteiger partial charge in [0.1, 0.15) is 19.8 Å². The minimum absolute atomic E-state index is 0.0241. The second-order valence-electron chi connectivity index (χ2n) is 16.4. The lowest BCUT2D eigenvalue weighted by Crippen LogP contribution is -2.37. The smallest absolute Gasteiger partial charge is 0.462 e. The van der Waals surface area contributed by atoms with Gasteiger partial charge in [0, 0.05) is 12.8 Å². The van der Waals surface area contributed by atoms with E-state index in [0.29, 0.717) is 23.9 Å². The van der Waals surface area contributed by atoms with Gasteiger partial charge in [0.15, 0.2) is 6.10 Å². The van der Waals surface area contributed by atoms with Crippen molar-refractivity contribution < 1.29 is 42.1 Å². The SMILES string of the molecule is CCCCCCCC/C=C/CCCCCCCC(=O)O[C@H](COC(=O)CCC/C=C/C/C=C/CCCCCCCCCCC)COP(=O)(O)OCC[N+](C)(C)C. The monoisotopic (exact) mass is 813 g/mol. The summed E-state index contributed by atoms with van der Waals surface area (Å²) in [6.45, 7) is 4.36. The number of hydrogen-bond donors (Lipinski definition) is 1. The van der Waals surface area contributed by atoms with Gasteiger partial charge in [-0.3, -0.25) is 18.6 Å². The fourth-order valence-corrected chi connectivity index (χ4v) is 6.79. The highest BCUT2D eigenvalue weighted by Crippen LogP contribution is 2.43. The lowest BCUT2D eigenvalue weighted by atomic mass is 10.1. The number of esters is 2. The van der Waals surface area contributed by atoms with Crippen LogP contribution in [0.4, 0.5) is 0 Å². The number of ether oxygens (including phenoxy) is 2. The Labute approximate surface area is 344 Å². The molecule has 0 heterocycles. The highest BCUT2D eigenvalue weighted by atomic mass is 31.2. The van der Waals surface area contributed by atoms with E-state index in [0.717, 1.165) is 51.4 Å². The van der Waals surface area contributed by atoms with Gasteiger partial charge < -0.3 is 18.9 Å². The molecule has 0 aliphatic rings. The topological polar surface area (TPSA) is 108 Å². The quantitative estimate of drug-likeness (QED) is 0.0214. The number of rotatable bonds is 41. The van der Waals surface area contributed by atoms with Crippen LogP contribution in [-0.4, -0.2) is 74.9 Å². The summed E-state index contributed by atoms with van der Waals surface area (Å²) in [5.74, 6) is -0.859. The van der Waals surface area contributed by atoms with Crippen LogP contribution in [-0.2, 0) is 32.7 Å². The molecule has 328 valence electrons. The zero-order valence-corrected chi connectivity index (χ0v) is 37.8. The number of carbonyl (C=O) groups excluding carboxylic acids is 2. The Balaban J connectivity index is 4.41. The minimum Gasteiger partial charge on any atom is -0.462 e. The Hall–Kier alpha value is -1.77. The van der Waals surface area contributed by atoms with Crippen molar-refractivity contribution in [3.05, 3.63) is 36.5 Å². The average Bonchev–Trinajstić information content (AvgIpc) is 3.15. The number of phosphoric acid groups is 1. The molecule has 0 radical (unpaired) electrons. The van der Waals surface area contributed by atoms with E-state index in [1.807, 2.05) is 21.1 Å². The van der Waals surface area contributed by atoms with E-state index in [1.54, 1.807) is 0 Å². The molecule has 0 rings (SSSR count). The Morgan fingerprint density at radius 1 is 0.554 bits per heavy atom. The fraction of sp³-hybridized carbons (Fsp3) is 0.826. The summed E-state index contributed by atoms with van der Waals surface area (Å²) in [7, 11) is 1.45. The number of likely N-dealkylation sites (N-methyl/N-ethyl adjacent to an activating group) is 1. The van der Waals surface area contributed by atoms with E-state index in [9.17, 15) is 19.0 Å². The van der Waals surface area contributed by atoms with Crippen molar-refractivity contribution in [2.75, 3.05) is 47.5 Å². The van der Waals surface area contributed by atoms with E-state index >= 15 is 0 Å². The maximum atomic E-state index is 12.7. The summed E-state index contributed by atoms with van der Waals surface area (Å²) in [5.41, 5.74) is 0. The molecule has 0 spiro atoms. The van der Waals surface area contributed by atoms with Gasteiger partial charge in [-0.1, -0.05) is 153 Å². The van der Waals surface area contributed by atoms with Gasteiger partial charge >= 0.3 is 19.8 Å². The molecule has 10 heteroatoms. The molecule has 1 unspecified atom stereocenters. The molecule has 0 saturated carbocycles. The standard InChI is InChI=1S/C46H86NO8P/c1-6-8-10-12-14-16-18-20-22-23-25-26-28-30-32-34-36-38-45(48)52-42-44(43-54-56(50,51)53-41-40-47(3,4)5)55-46(49)39-37-35-33-31-29-27-24-21-19-17-15-13-11-9-7-2/h21,24-26,30,32,44H,6-20,22-23,27-29,31,33-43H2,1-5H3/p+1/b24-21+,26-25+,32-30+/t44-/m1/s1. The Kier molecular flexibility index (Phi) is 37.5. The maximum absolute atomic E-state index is 12.7. The zero-order valence-electron chi connectivity index (χ0n) is 36.9. The summed E-state index contributed by atoms with van der Waals surface area (Å²) >= 11 is 0. The van der Waals surface area contributed by atoms with Crippen LogP contribution in [0.5, 0.6) is 0 Å². The van der Waals surface area contributed by atoms with Crippen LogP contribution in [0.3, 0.4) is 0 Å². The van der Waals surface area contributed by atoms with Crippen molar-refractivity contribution in [1.82, 2.24) is 0 Å². The first kappa shape index (κ1) is 54.2. The predicted molar refractivity (Wildman–Crippen MR) is 234 cm³/mol. The van der Waals surface area contributed by atoms with Crippen LogP contribution in [0.1, 0.15) is 194 Å². The van der Waals surface area contributed by atoms with Crippen LogP contribution in [0.15, 0.2) is 36.5 Å². The molecule has 2 atom stereocenters. The molecule has 0 saturated heterocycles. The van der Waals surface area contributed by atoms with Crippen molar-refractivity contribution in [2.24, 2.45) is 0 Å². The summed E-state index contributed by atoms with van der Waals surface area (Å²) in [6.07, 6.45) is 43.4. The van der Waals surface area contributed by atoms with Crippen molar-refractivity contribution in [1.29, 1.82) is 0 Å². The molecule has 0 aromatic heterocycles. The van der Waals surface area contributed by atoms with E-state index < -0.39 is 32.5 Å². The van der Waals surface area contributed by atoms with Crippen LogP contribution in [0.25, 0.3) is 0 Å². The summed E-state index contributed by atoms with van der Waals surface area (Å²) < 4.78 is 34.3. The van der Waals surface area contributed by atoms with E-state index in [4.69, 9.17) is 18.5 Å². The maximum Gasteiger partial charge on any atom is 0.472 e. The molecular weight excluding hydrogens is 725 g/mol. The lowest BCUT2D eigenvalue weighted by Gasteiger charge is -2.24. The lowest BCUT2D eigenvalue weighted by molar-refractivity contribution is -0.870. The molecule has 56 heavy (non-hydrogen) atoms. The van der Waals surface area contributed by atoms with Gasteiger partial charge in [0.2, 0.25) is 0 Å². The number of nitrogens with zero attached hydrogens (tertiary/aromatic N) is 1. The molecule has 0 amide bonds. The van der Waals surface area contributed by atoms with Gasteiger partial charge in [-0.15, -0.1) is 0 Å². The number of quaternary nitrogens is 1. The van der Waals surface area contributed by atoms with Crippen molar-refractivity contribution in [2.45, 2.75) is 200 Å². The van der Waals surface area contributed by atoms with Crippen LogP contribution >= 0.6 is 7.82 Å². The number of carbonyl (C=O) groups is 2. The number of allylic oxidation sites excluding steroid dienone is 6. The average molecular weight is 813 g/mol. The minimum atomic E-state index is -4.38. The van der Waals surface area contributed by atoms with E-state index in [1.165, 1.54) is 103 Å². The third-order valence-electron chi connectivity index (χ3n) is 9.64. The van der Waals surface area contributed by atoms with Gasteiger partial charge in [-0.25, -0.2) is 4.57 Å². The van der Waals surface area contributed by atoms with Crippen LogP contribution in [0.2, 0.25) is 0 Å². The van der Waals surface area contributed by atoms with E-state index in [2.05, 4.69) is 50.3 Å². The highest BCUT2D eigenvalue weighted by Gasteiger charge is 2.27. The molecule has 9 nitrogen and oxygen atoms in total. The largest absolute Gasteiger partial charge is 0.472 e. The van der Waals surface area contributed by atoms with Crippen LogP contribution < -0.4 is 0 Å². The zero-order chi connectivity index (χ0) is 41.4. The Bertz CT molecular complexity index is 1050. The third kappa shape index (κ3) is 41.9. The number of phosphoric ester groups is 1. The molecule has 1 N–H and O–H groups in total. The first-order valence-corrected chi connectivity index (χ1v) is 24.2. The molecule has 0 aliphatic carbocycles. The Morgan fingerprint density at radius 2 is 0.982 bits per heavy atom. The van der Waals surface area contributed by atoms with Gasteiger partial charge in [-0.05, 0) is 64.2 Å². The summed E-state index contributed by atoms with van der Waals surface area (Å²) in [5, 5.41) is 0. The van der Waals surface area contributed by atoms with Gasteiger partial charge in [-0.2, -0.15) is 0 Å².